The normalized spacial score (nSPS) is 31.7. The number of nitrogens with one attached hydrogen (secondary N) is 1. The SMILES string of the molecule is O=C(O)C[C@H]1CNCC[C@@H]1O. The largest absolute Gasteiger partial charge is 0.481 e. The summed E-state index contributed by atoms with van der Waals surface area (Å²) in [7, 11) is 0. The molecule has 1 aliphatic heterocycles. The molecule has 0 aromatic rings. The minimum absolute atomic E-state index is 0.0637. The summed E-state index contributed by atoms with van der Waals surface area (Å²) in [4.78, 5) is 10.3. The standard InChI is InChI=1S/C7H13NO3/c9-6-1-2-8-4-5(6)3-7(10)11/h5-6,8-9H,1-4H2,(H,10,11)/t5-,6-/m0/s1. The molecule has 0 radical (unpaired) electrons. The van der Waals surface area contributed by atoms with Crippen LogP contribution in [0.2, 0.25) is 0 Å². The third kappa shape index (κ3) is 2.48. The second-order valence-corrected chi connectivity index (χ2v) is 2.92. The van der Waals surface area contributed by atoms with Crippen LogP contribution in [0.3, 0.4) is 0 Å². The van der Waals surface area contributed by atoms with Crippen molar-refractivity contribution in [2.45, 2.75) is 18.9 Å². The van der Waals surface area contributed by atoms with Crippen LogP contribution in [0.5, 0.6) is 0 Å². The maximum absolute atomic E-state index is 10.3. The van der Waals surface area contributed by atoms with Gasteiger partial charge in [-0.1, -0.05) is 0 Å². The van der Waals surface area contributed by atoms with E-state index in [0.29, 0.717) is 13.0 Å². The summed E-state index contributed by atoms with van der Waals surface area (Å²) in [6.45, 7) is 1.41. The van der Waals surface area contributed by atoms with Crippen molar-refractivity contribution in [3.05, 3.63) is 0 Å². The van der Waals surface area contributed by atoms with Crippen LogP contribution in [0.15, 0.2) is 0 Å². The summed E-state index contributed by atoms with van der Waals surface area (Å²) in [5.41, 5.74) is 0. The molecule has 0 bridgehead atoms. The predicted octanol–water partition coefficient (Wildman–Crippen LogP) is -0.569. The Hall–Kier alpha value is -0.610. The van der Waals surface area contributed by atoms with Gasteiger partial charge in [0.15, 0.2) is 0 Å². The molecule has 1 rings (SSSR count). The Morgan fingerprint density at radius 1 is 1.64 bits per heavy atom. The lowest BCUT2D eigenvalue weighted by Crippen LogP contribution is -2.40. The second kappa shape index (κ2) is 3.69. The van der Waals surface area contributed by atoms with E-state index in [9.17, 15) is 9.90 Å². The molecular weight excluding hydrogens is 146 g/mol. The molecule has 0 spiro atoms. The fourth-order valence-corrected chi connectivity index (χ4v) is 1.34. The molecule has 4 heteroatoms. The van der Waals surface area contributed by atoms with Crippen LogP contribution in [0.1, 0.15) is 12.8 Å². The molecular formula is C7H13NO3. The van der Waals surface area contributed by atoms with Crippen molar-refractivity contribution in [1.29, 1.82) is 0 Å². The monoisotopic (exact) mass is 159 g/mol. The number of carbonyl (C=O) groups is 1. The van der Waals surface area contributed by atoms with Crippen LogP contribution in [0, 0.1) is 5.92 Å². The Bertz CT molecular complexity index is 149. The lowest BCUT2D eigenvalue weighted by Gasteiger charge is -2.26. The van der Waals surface area contributed by atoms with Gasteiger partial charge in [-0.25, -0.2) is 0 Å². The van der Waals surface area contributed by atoms with E-state index < -0.39 is 12.1 Å². The van der Waals surface area contributed by atoms with Crippen molar-refractivity contribution in [3.63, 3.8) is 0 Å². The van der Waals surface area contributed by atoms with Crippen LogP contribution < -0.4 is 5.32 Å². The van der Waals surface area contributed by atoms with E-state index in [-0.39, 0.29) is 12.3 Å². The van der Waals surface area contributed by atoms with Gasteiger partial charge in [0, 0.05) is 12.5 Å². The first kappa shape index (κ1) is 8.49. The van der Waals surface area contributed by atoms with E-state index in [0.717, 1.165) is 6.54 Å². The van der Waals surface area contributed by atoms with E-state index in [4.69, 9.17) is 5.11 Å². The molecule has 0 aromatic carbocycles. The zero-order valence-electron chi connectivity index (χ0n) is 6.29. The number of rotatable bonds is 2. The van der Waals surface area contributed by atoms with Gasteiger partial charge in [-0.05, 0) is 13.0 Å². The minimum Gasteiger partial charge on any atom is -0.481 e. The van der Waals surface area contributed by atoms with Gasteiger partial charge < -0.3 is 15.5 Å². The van der Waals surface area contributed by atoms with Crippen molar-refractivity contribution in [3.8, 4) is 0 Å². The van der Waals surface area contributed by atoms with Crippen molar-refractivity contribution in [2.75, 3.05) is 13.1 Å². The number of carboxylic acid groups (broad SMARTS) is 1. The molecule has 1 aliphatic rings. The van der Waals surface area contributed by atoms with E-state index in [2.05, 4.69) is 5.32 Å². The summed E-state index contributed by atoms with van der Waals surface area (Å²) in [6, 6.07) is 0. The maximum atomic E-state index is 10.3. The highest BCUT2D eigenvalue weighted by molar-refractivity contribution is 5.67. The smallest absolute Gasteiger partial charge is 0.303 e. The molecule has 0 aliphatic carbocycles. The molecule has 3 N–H and O–H groups in total. The molecule has 0 amide bonds. The fourth-order valence-electron chi connectivity index (χ4n) is 1.34. The first-order valence-corrected chi connectivity index (χ1v) is 3.80. The van der Waals surface area contributed by atoms with Gasteiger partial charge in [-0.15, -0.1) is 0 Å². The van der Waals surface area contributed by atoms with Gasteiger partial charge in [0.05, 0.1) is 12.5 Å². The van der Waals surface area contributed by atoms with Gasteiger partial charge in [0.1, 0.15) is 0 Å². The number of aliphatic hydroxyl groups excluding tert-OH is 1. The first-order valence-electron chi connectivity index (χ1n) is 3.80. The lowest BCUT2D eigenvalue weighted by atomic mass is 9.93. The molecule has 4 nitrogen and oxygen atoms in total. The highest BCUT2D eigenvalue weighted by atomic mass is 16.4. The van der Waals surface area contributed by atoms with Crippen molar-refractivity contribution >= 4 is 5.97 Å². The van der Waals surface area contributed by atoms with Crippen LogP contribution in [0.4, 0.5) is 0 Å². The Labute approximate surface area is 65.2 Å². The third-order valence-electron chi connectivity index (χ3n) is 2.00. The second-order valence-electron chi connectivity index (χ2n) is 2.92. The predicted molar refractivity (Wildman–Crippen MR) is 39.2 cm³/mol. The Kier molecular flexibility index (Phi) is 2.84. The van der Waals surface area contributed by atoms with E-state index in [1.165, 1.54) is 0 Å². The summed E-state index contributed by atoms with van der Waals surface area (Å²) in [5.74, 6) is -0.945. The van der Waals surface area contributed by atoms with Gasteiger partial charge in [0.2, 0.25) is 0 Å². The van der Waals surface area contributed by atoms with Gasteiger partial charge in [-0.2, -0.15) is 0 Å². The number of hydrogen-bond acceptors (Lipinski definition) is 3. The van der Waals surface area contributed by atoms with Crippen LogP contribution in [0.25, 0.3) is 0 Å². The number of hydrogen-bond donors (Lipinski definition) is 3. The number of carboxylic acids is 1. The molecule has 11 heavy (non-hydrogen) atoms. The number of aliphatic hydroxyl groups is 1. The molecule has 1 heterocycles. The van der Waals surface area contributed by atoms with Gasteiger partial charge in [-0.3, -0.25) is 4.79 Å². The summed E-state index contributed by atoms with van der Waals surface area (Å²) < 4.78 is 0. The van der Waals surface area contributed by atoms with E-state index >= 15 is 0 Å². The molecule has 64 valence electrons. The van der Waals surface area contributed by atoms with Crippen LogP contribution >= 0.6 is 0 Å². The topological polar surface area (TPSA) is 69.6 Å². The Morgan fingerprint density at radius 3 is 2.91 bits per heavy atom. The van der Waals surface area contributed by atoms with Crippen molar-refractivity contribution < 1.29 is 15.0 Å². The average Bonchev–Trinajstić information content (AvgIpc) is 1.93. The van der Waals surface area contributed by atoms with E-state index in [1.54, 1.807) is 0 Å². The van der Waals surface area contributed by atoms with Crippen molar-refractivity contribution in [1.82, 2.24) is 5.32 Å². The molecule has 1 fully saturated rings. The first-order chi connectivity index (χ1) is 5.20. The fraction of sp³-hybridized carbons (Fsp3) is 0.857. The molecule has 0 aromatic heterocycles. The van der Waals surface area contributed by atoms with Crippen molar-refractivity contribution in [2.24, 2.45) is 5.92 Å². The summed E-state index contributed by atoms with van der Waals surface area (Å²) in [5, 5.41) is 20.8. The summed E-state index contributed by atoms with van der Waals surface area (Å²) in [6.07, 6.45) is 0.291. The molecule has 0 saturated carbocycles. The zero-order valence-corrected chi connectivity index (χ0v) is 6.29. The Morgan fingerprint density at radius 2 is 2.36 bits per heavy atom. The molecule has 1 saturated heterocycles. The minimum atomic E-state index is -0.835. The third-order valence-corrected chi connectivity index (χ3v) is 2.00. The maximum Gasteiger partial charge on any atom is 0.303 e. The van der Waals surface area contributed by atoms with E-state index in [1.807, 2.05) is 0 Å². The zero-order chi connectivity index (χ0) is 8.27. The van der Waals surface area contributed by atoms with Gasteiger partial charge >= 0.3 is 5.97 Å². The molecule has 2 atom stereocenters. The van der Waals surface area contributed by atoms with Gasteiger partial charge in [0.25, 0.3) is 0 Å². The highest BCUT2D eigenvalue weighted by Gasteiger charge is 2.24. The highest BCUT2D eigenvalue weighted by Crippen LogP contribution is 2.14. The number of aliphatic carboxylic acids is 1. The quantitative estimate of drug-likeness (QED) is 0.504. The molecule has 0 unspecified atom stereocenters. The Balaban J connectivity index is 2.35. The average molecular weight is 159 g/mol. The van der Waals surface area contributed by atoms with Crippen LogP contribution in [-0.4, -0.2) is 35.4 Å². The lowest BCUT2D eigenvalue weighted by molar-refractivity contribution is -0.139. The number of piperidine rings is 1. The summed E-state index contributed by atoms with van der Waals surface area (Å²) >= 11 is 0. The van der Waals surface area contributed by atoms with Crippen LogP contribution in [-0.2, 0) is 4.79 Å².